The van der Waals surface area contributed by atoms with E-state index in [2.05, 4.69) is 0 Å². The molecule has 0 aromatic rings. The topological polar surface area (TPSA) is 118 Å². The Labute approximate surface area is 90.7 Å². The second-order valence-electron chi connectivity index (χ2n) is 3.74. The number of carbonyl (C=O) groups is 1. The molecule has 0 aliphatic heterocycles. The molecular formula is C8H13ClO6. The van der Waals surface area contributed by atoms with Gasteiger partial charge in [-0.15, -0.1) is 11.6 Å². The molecule has 5 N–H and O–H groups in total. The summed E-state index contributed by atoms with van der Waals surface area (Å²) in [5.74, 6) is -3.11. The minimum Gasteiger partial charge on any atom is -0.479 e. The molecular weight excluding hydrogens is 228 g/mol. The van der Waals surface area contributed by atoms with E-state index in [4.69, 9.17) is 16.7 Å². The molecule has 6 nitrogen and oxygen atoms in total. The summed E-state index contributed by atoms with van der Waals surface area (Å²) in [7, 11) is 0. The molecule has 0 bridgehead atoms. The maximum absolute atomic E-state index is 10.8. The van der Waals surface area contributed by atoms with Crippen molar-refractivity contribution in [1.82, 2.24) is 0 Å². The summed E-state index contributed by atoms with van der Waals surface area (Å²) < 4.78 is 0. The highest BCUT2D eigenvalue weighted by atomic mass is 35.5. The lowest BCUT2D eigenvalue weighted by molar-refractivity contribution is -0.205. The average Bonchev–Trinajstić information content (AvgIpc) is 2.15. The average molecular weight is 241 g/mol. The zero-order valence-corrected chi connectivity index (χ0v) is 8.50. The van der Waals surface area contributed by atoms with Crippen molar-refractivity contribution in [2.45, 2.75) is 30.3 Å². The normalized spacial score (nSPS) is 46.5. The van der Waals surface area contributed by atoms with E-state index in [0.717, 1.165) is 0 Å². The summed E-state index contributed by atoms with van der Waals surface area (Å²) in [5.41, 5.74) is -2.31. The Morgan fingerprint density at radius 2 is 1.87 bits per heavy atom. The monoisotopic (exact) mass is 240 g/mol. The van der Waals surface area contributed by atoms with Crippen molar-refractivity contribution >= 4 is 17.6 Å². The number of halogens is 1. The molecule has 7 heteroatoms. The van der Waals surface area contributed by atoms with Crippen LogP contribution in [0, 0.1) is 5.92 Å². The van der Waals surface area contributed by atoms with E-state index >= 15 is 0 Å². The Bertz CT molecular complexity index is 260. The van der Waals surface area contributed by atoms with E-state index in [1.807, 2.05) is 0 Å². The molecule has 0 heterocycles. The molecule has 0 aromatic carbocycles. The number of carboxylic acids is 1. The Balaban J connectivity index is 3.02. The van der Waals surface area contributed by atoms with Gasteiger partial charge in [-0.2, -0.15) is 0 Å². The van der Waals surface area contributed by atoms with E-state index in [-0.39, 0.29) is 5.88 Å². The molecule has 0 spiro atoms. The molecule has 1 fully saturated rings. The fourth-order valence-corrected chi connectivity index (χ4v) is 2.24. The van der Waals surface area contributed by atoms with Crippen molar-refractivity contribution in [1.29, 1.82) is 0 Å². The summed E-state index contributed by atoms with van der Waals surface area (Å²) in [6, 6.07) is 0. The van der Waals surface area contributed by atoms with Crippen LogP contribution in [0.5, 0.6) is 0 Å². The first-order valence-corrected chi connectivity index (χ1v) is 4.94. The van der Waals surface area contributed by atoms with Crippen LogP contribution in [0.15, 0.2) is 0 Å². The molecule has 15 heavy (non-hydrogen) atoms. The van der Waals surface area contributed by atoms with Crippen LogP contribution in [-0.2, 0) is 4.79 Å². The Kier molecular flexibility index (Phi) is 3.57. The second-order valence-corrected chi connectivity index (χ2v) is 4.05. The van der Waals surface area contributed by atoms with Gasteiger partial charge in [-0.1, -0.05) is 0 Å². The van der Waals surface area contributed by atoms with Gasteiger partial charge in [0.25, 0.3) is 0 Å². The van der Waals surface area contributed by atoms with Crippen molar-refractivity contribution in [3.63, 3.8) is 0 Å². The largest absolute Gasteiger partial charge is 0.479 e. The van der Waals surface area contributed by atoms with E-state index in [1.165, 1.54) is 0 Å². The van der Waals surface area contributed by atoms with Crippen LogP contribution in [0.1, 0.15) is 6.42 Å². The summed E-state index contributed by atoms with van der Waals surface area (Å²) in [4.78, 5) is 10.8. The third-order valence-electron chi connectivity index (χ3n) is 2.83. The lowest BCUT2D eigenvalue weighted by Crippen LogP contribution is -2.63. The predicted octanol–water partition coefficient (Wildman–Crippen LogP) is -1.86. The van der Waals surface area contributed by atoms with Gasteiger partial charge in [-0.3, -0.25) is 0 Å². The Morgan fingerprint density at radius 1 is 1.33 bits per heavy atom. The van der Waals surface area contributed by atoms with Crippen LogP contribution >= 0.6 is 11.6 Å². The van der Waals surface area contributed by atoms with Gasteiger partial charge in [0.05, 0.1) is 12.2 Å². The molecule has 0 aromatic heterocycles. The van der Waals surface area contributed by atoms with Gasteiger partial charge < -0.3 is 25.5 Å². The fraction of sp³-hybridized carbons (Fsp3) is 0.875. The zero-order valence-electron chi connectivity index (χ0n) is 7.75. The van der Waals surface area contributed by atoms with Gasteiger partial charge in [0.2, 0.25) is 0 Å². The molecule has 0 amide bonds. The van der Waals surface area contributed by atoms with Gasteiger partial charge in [-0.05, 0) is 0 Å². The van der Waals surface area contributed by atoms with Gasteiger partial charge in [-0.25, -0.2) is 4.79 Å². The van der Waals surface area contributed by atoms with E-state index < -0.39 is 42.2 Å². The van der Waals surface area contributed by atoms with Crippen molar-refractivity contribution in [2.24, 2.45) is 5.92 Å². The minimum atomic E-state index is -2.31. The van der Waals surface area contributed by atoms with Crippen molar-refractivity contribution in [3.8, 4) is 0 Å². The highest BCUT2D eigenvalue weighted by Crippen LogP contribution is 2.35. The molecule has 0 saturated heterocycles. The van der Waals surface area contributed by atoms with Crippen molar-refractivity contribution < 1.29 is 30.3 Å². The third kappa shape index (κ3) is 1.95. The number of hydrogen-bond acceptors (Lipinski definition) is 5. The first-order chi connectivity index (χ1) is 6.84. The molecule has 1 aliphatic carbocycles. The van der Waals surface area contributed by atoms with Gasteiger partial charge in [0.15, 0.2) is 5.60 Å². The van der Waals surface area contributed by atoms with Crippen LogP contribution in [0.3, 0.4) is 0 Å². The summed E-state index contributed by atoms with van der Waals surface area (Å²) >= 11 is 5.44. The number of hydrogen-bond donors (Lipinski definition) is 5. The third-order valence-corrected chi connectivity index (χ3v) is 3.16. The molecule has 88 valence electrons. The quantitative estimate of drug-likeness (QED) is 0.362. The molecule has 1 saturated carbocycles. The Hall–Kier alpha value is -0.400. The first-order valence-electron chi connectivity index (χ1n) is 4.40. The summed E-state index contributed by atoms with van der Waals surface area (Å²) in [6.45, 7) is 0. The number of alkyl halides is 1. The minimum absolute atomic E-state index is 0.326. The van der Waals surface area contributed by atoms with Crippen LogP contribution in [0.25, 0.3) is 0 Å². The maximum Gasteiger partial charge on any atom is 0.336 e. The lowest BCUT2D eigenvalue weighted by Gasteiger charge is -2.43. The van der Waals surface area contributed by atoms with E-state index in [1.54, 1.807) is 0 Å². The number of aliphatic hydroxyl groups is 4. The summed E-state index contributed by atoms with van der Waals surface area (Å²) in [6.07, 6.45) is -5.10. The van der Waals surface area contributed by atoms with Gasteiger partial charge in [0, 0.05) is 18.2 Å². The fourth-order valence-electron chi connectivity index (χ4n) is 1.80. The maximum atomic E-state index is 10.8. The number of aliphatic hydroxyl groups excluding tert-OH is 3. The van der Waals surface area contributed by atoms with Crippen LogP contribution in [-0.4, -0.2) is 61.3 Å². The number of aliphatic carboxylic acids is 1. The highest BCUT2D eigenvalue weighted by molar-refractivity contribution is 6.18. The molecule has 1 aliphatic rings. The SMILES string of the molecule is O=C(O)C1(O)C[C@@H](O)C(O)[C@H](O)C1CCl. The number of carboxylic acid groups (broad SMARTS) is 1. The van der Waals surface area contributed by atoms with E-state index in [9.17, 15) is 25.2 Å². The van der Waals surface area contributed by atoms with E-state index in [0.29, 0.717) is 0 Å². The summed E-state index contributed by atoms with van der Waals surface area (Å²) in [5, 5.41) is 46.6. The van der Waals surface area contributed by atoms with Gasteiger partial charge in [0.1, 0.15) is 6.10 Å². The van der Waals surface area contributed by atoms with Crippen molar-refractivity contribution in [2.75, 3.05) is 5.88 Å². The van der Waals surface area contributed by atoms with Crippen LogP contribution in [0.4, 0.5) is 0 Å². The lowest BCUT2D eigenvalue weighted by atomic mass is 9.72. The first kappa shape index (κ1) is 12.7. The number of rotatable bonds is 2. The van der Waals surface area contributed by atoms with Gasteiger partial charge >= 0.3 is 5.97 Å². The zero-order chi connectivity index (χ0) is 11.8. The standard InChI is InChI=1S/C8H13ClO6/c9-2-3-5(11)6(12)4(10)1-8(3,15)7(13)14/h3-6,10-12,15H,1-2H2,(H,13,14)/t3?,4-,5-,6?,8?/m1/s1. The second kappa shape index (κ2) is 4.23. The predicted molar refractivity (Wildman–Crippen MR) is 49.4 cm³/mol. The van der Waals surface area contributed by atoms with Crippen LogP contribution in [0.2, 0.25) is 0 Å². The Morgan fingerprint density at radius 3 is 2.27 bits per heavy atom. The molecule has 0 radical (unpaired) electrons. The molecule has 3 unspecified atom stereocenters. The molecule has 5 atom stereocenters. The van der Waals surface area contributed by atoms with Crippen molar-refractivity contribution in [3.05, 3.63) is 0 Å². The highest BCUT2D eigenvalue weighted by Gasteiger charge is 2.55. The smallest absolute Gasteiger partial charge is 0.336 e. The van der Waals surface area contributed by atoms with Crippen LogP contribution < -0.4 is 0 Å². The molecule has 1 rings (SSSR count).